The Balaban J connectivity index is 1.83. The predicted molar refractivity (Wildman–Crippen MR) is 140 cm³/mol. The molecule has 0 saturated heterocycles. The fourth-order valence-corrected chi connectivity index (χ4v) is 3.94. The molecule has 0 unspecified atom stereocenters. The second-order valence-corrected chi connectivity index (χ2v) is 9.45. The number of sulfonamides is 1. The molecule has 0 bridgehead atoms. The first-order chi connectivity index (χ1) is 17.8. The van der Waals surface area contributed by atoms with Crippen molar-refractivity contribution in [3.05, 3.63) is 84.0 Å². The van der Waals surface area contributed by atoms with Crippen molar-refractivity contribution in [2.75, 3.05) is 11.8 Å². The Hall–Kier alpha value is -4.51. The van der Waals surface area contributed by atoms with Gasteiger partial charge in [0.1, 0.15) is 0 Å². The summed E-state index contributed by atoms with van der Waals surface area (Å²) in [5, 5.41) is 1.04. The summed E-state index contributed by atoms with van der Waals surface area (Å²) in [6.45, 7) is 3.61. The lowest BCUT2D eigenvalue weighted by Crippen LogP contribution is -2.15. The quantitative estimate of drug-likeness (QED) is 0.310. The van der Waals surface area contributed by atoms with Crippen molar-refractivity contribution in [1.82, 2.24) is 19.9 Å². The van der Waals surface area contributed by atoms with Crippen LogP contribution in [0.15, 0.2) is 78.5 Å². The molecule has 0 fully saturated rings. The molecule has 2 aromatic heterocycles. The van der Waals surface area contributed by atoms with Crippen LogP contribution in [-0.2, 0) is 10.0 Å². The molecular weight excluding hydrogens is 494 g/mol. The van der Waals surface area contributed by atoms with Gasteiger partial charge < -0.3 is 14.2 Å². The van der Waals surface area contributed by atoms with E-state index < -0.39 is 10.0 Å². The van der Waals surface area contributed by atoms with E-state index in [0.29, 0.717) is 17.1 Å². The molecular formula is C26H25N5O5S. The molecule has 0 aliphatic heterocycles. The maximum absolute atomic E-state index is 13.1. The molecule has 10 nitrogen and oxygen atoms in total. The molecule has 37 heavy (non-hydrogen) atoms. The van der Waals surface area contributed by atoms with Gasteiger partial charge >= 0.3 is 0 Å². The average molecular weight is 520 g/mol. The van der Waals surface area contributed by atoms with Gasteiger partial charge in [-0.1, -0.05) is 42.5 Å². The minimum Gasteiger partial charge on any atom is -0.493 e. The zero-order chi connectivity index (χ0) is 26.3. The van der Waals surface area contributed by atoms with Crippen LogP contribution in [0.5, 0.6) is 23.1 Å². The van der Waals surface area contributed by atoms with Gasteiger partial charge in [0.15, 0.2) is 23.1 Å². The number of nitrogens with one attached hydrogen (secondary N) is 1. The summed E-state index contributed by atoms with van der Waals surface area (Å²) in [6, 6.07) is 17.6. The van der Waals surface area contributed by atoms with E-state index in [0.717, 1.165) is 5.41 Å². The minimum atomic E-state index is -4.04. The summed E-state index contributed by atoms with van der Waals surface area (Å²) in [6.07, 6.45) is 4.21. The Morgan fingerprint density at radius 2 is 1.54 bits per heavy atom. The van der Waals surface area contributed by atoms with Crippen molar-refractivity contribution in [1.29, 1.82) is 0 Å². The van der Waals surface area contributed by atoms with Gasteiger partial charge in [-0.05, 0) is 43.7 Å². The number of rotatable bonds is 10. The van der Waals surface area contributed by atoms with Crippen molar-refractivity contribution in [2.45, 2.75) is 20.0 Å². The zero-order valence-corrected chi connectivity index (χ0v) is 21.2. The van der Waals surface area contributed by atoms with Crippen LogP contribution in [0.25, 0.3) is 17.7 Å². The Morgan fingerprint density at radius 3 is 2.22 bits per heavy atom. The van der Waals surface area contributed by atoms with E-state index in [1.54, 1.807) is 56.3 Å². The predicted octanol–water partition coefficient (Wildman–Crippen LogP) is 4.93. The van der Waals surface area contributed by atoms with Crippen LogP contribution in [0.4, 0.5) is 5.82 Å². The van der Waals surface area contributed by atoms with Crippen LogP contribution < -0.4 is 18.9 Å². The van der Waals surface area contributed by atoms with Crippen LogP contribution in [0.3, 0.4) is 0 Å². The summed E-state index contributed by atoms with van der Waals surface area (Å²) in [7, 11) is -2.54. The molecule has 0 aliphatic carbocycles. The molecule has 1 N–H and O–H groups in total. The number of methoxy groups -OCH3 is 1. The topological polar surface area (TPSA) is 125 Å². The highest BCUT2D eigenvalue weighted by atomic mass is 32.2. The van der Waals surface area contributed by atoms with Gasteiger partial charge in [0.25, 0.3) is 15.9 Å². The van der Waals surface area contributed by atoms with Gasteiger partial charge in [-0.25, -0.2) is 23.4 Å². The van der Waals surface area contributed by atoms with Gasteiger partial charge in [0.05, 0.1) is 18.6 Å². The van der Waals surface area contributed by atoms with Gasteiger partial charge in [-0.2, -0.15) is 4.98 Å². The molecule has 0 saturated carbocycles. The first kappa shape index (κ1) is 25.6. The van der Waals surface area contributed by atoms with E-state index in [2.05, 4.69) is 24.7 Å². The van der Waals surface area contributed by atoms with Crippen LogP contribution >= 0.6 is 0 Å². The van der Waals surface area contributed by atoms with E-state index in [1.165, 1.54) is 25.6 Å². The number of hydrogen-bond donors (Lipinski definition) is 1. The van der Waals surface area contributed by atoms with Crippen LogP contribution in [0.2, 0.25) is 0 Å². The van der Waals surface area contributed by atoms with E-state index in [1.807, 2.05) is 18.2 Å². The smallest absolute Gasteiger partial charge is 0.264 e. The molecule has 0 radical (unpaired) electrons. The zero-order valence-electron chi connectivity index (χ0n) is 20.4. The number of ether oxygens (including phenoxy) is 3. The van der Waals surface area contributed by atoms with Crippen LogP contribution in [0, 0.1) is 0 Å². The normalized spacial score (nSPS) is 11.5. The molecule has 2 heterocycles. The Labute approximate surface area is 215 Å². The molecule has 0 atom stereocenters. The second kappa shape index (κ2) is 11.5. The monoisotopic (exact) mass is 519 g/mol. The maximum Gasteiger partial charge on any atom is 0.264 e. The lowest BCUT2D eigenvalue weighted by atomic mass is 10.2. The van der Waals surface area contributed by atoms with Gasteiger partial charge in [-0.15, -0.1) is 0 Å². The van der Waals surface area contributed by atoms with Gasteiger partial charge in [0, 0.05) is 12.4 Å². The fourth-order valence-electron chi connectivity index (χ4n) is 3.12. The molecule has 0 spiro atoms. The van der Waals surface area contributed by atoms with E-state index in [-0.39, 0.29) is 35.2 Å². The van der Waals surface area contributed by atoms with Crippen molar-refractivity contribution in [3.63, 3.8) is 0 Å². The highest BCUT2D eigenvalue weighted by Gasteiger charge is 2.24. The van der Waals surface area contributed by atoms with Crippen molar-refractivity contribution >= 4 is 21.9 Å². The molecule has 0 amide bonds. The number of para-hydroxylation sites is 2. The van der Waals surface area contributed by atoms with Crippen molar-refractivity contribution in [2.24, 2.45) is 0 Å². The summed E-state index contributed by atoms with van der Waals surface area (Å²) in [5.74, 6) is 0.764. The third kappa shape index (κ3) is 6.79. The molecule has 4 rings (SSSR count). The number of aromatic nitrogens is 4. The number of anilines is 1. The standard InChI is InChI=1S/C26H25N5O5S/c1-18(2)35-26-22(36-21-13-8-7-12-20(21)34-3)23(29-25(30-26)24-27-15-9-16-28-24)31-37(32,33)17-14-19-10-5-4-6-11-19/h4-18H,1-3H3,(H,29,30,31). The lowest BCUT2D eigenvalue weighted by Gasteiger charge is -2.18. The van der Waals surface area contributed by atoms with Crippen LogP contribution in [0.1, 0.15) is 19.4 Å². The SMILES string of the molecule is COc1ccccc1Oc1c(NS(=O)(=O)C=Cc2ccccc2)nc(-c2ncccn2)nc1OC(C)C. The Bertz CT molecular complexity index is 1480. The fraction of sp³-hybridized carbons (Fsp3) is 0.154. The van der Waals surface area contributed by atoms with E-state index in [9.17, 15) is 8.42 Å². The second-order valence-electron chi connectivity index (χ2n) is 7.88. The number of nitrogens with zero attached hydrogens (tertiary/aromatic N) is 4. The lowest BCUT2D eigenvalue weighted by molar-refractivity contribution is 0.223. The number of hydrogen-bond acceptors (Lipinski definition) is 9. The number of benzene rings is 2. The van der Waals surface area contributed by atoms with Gasteiger partial charge in [0.2, 0.25) is 11.6 Å². The highest BCUT2D eigenvalue weighted by Crippen LogP contribution is 2.41. The molecule has 11 heteroatoms. The molecule has 4 aromatic rings. The van der Waals surface area contributed by atoms with Crippen molar-refractivity contribution < 1.29 is 22.6 Å². The average Bonchev–Trinajstić information content (AvgIpc) is 2.90. The highest BCUT2D eigenvalue weighted by molar-refractivity contribution is 7.95. The largest absolute Gasteiger partial charge is 0.493 e. The van der Waals surface area contributed by atoms with Gasteiger partial charge in [-0.3, -0.25) is 4.72 Å². The summed E-state index contributed by atoms with van der Waals surface area (Å²) in [4.78, 5) is 17.2. The third-order valence-electron chi connectivity index (χ3n) is 4.71. The molecule has 0 aliphatic rings. The molecule has 190 valence electrons. The Morgan fingerprint density at radius 1 is 0.865 bits per heavy atom. The summed E-state index contributed by atoms with van der Waals surface area (Å²) in [5.41, 5.74) is 0.711. The summed E-state index contributed by atoms with van der Waals surface area (Å²) < 4.78 is 46.0. The summed E-state index contributed by atoms with van der Waals surface area (Å²) >= 11 is 0. The molecule has 2 aromatic carbocycles. The van der Waals surface area contributed by atoms with E-state index in [4.69, 9.17) is 14.2 Å². The first-order valence-electron chi connectivity index (χ1n) is 11.3. The van der Waals surface area contributed by atoms with Crippen molar-refractivity contribution in [3.8, 4) is 34.8 Å². The third-order valence-corrected chi connectivity index (χ3v) is 5.68. The maximum atomic E-state index is 13.1. The first-order valence-corrected chi connectivity index (χ1v) is 12.8. The van der Waals surface area contributed by atoms with Crippen LogP contribution in [-0.4, -0.2) is 41.6 Å². The Kier molecular flexibility index (Phi) is 7.94. The van der Waals surface area contributed by atoms with E-state index >= 15 is 0 Å². The minimum absolute atomic E-state index is 0.00287.